The van der Waals surface area contributed by atoms with E-state index in [2.05, 4.69) is 9.75 Å². The van der Waals surface area contributed by atoms with Crippen molar-refractivity contribution in [3.63, 3.8) is 0 Å². The van der Waals surface area contributed by atoms with Crippen molar-refractivity contribution in [2.75, 3.05) is 19.6 Å². The number of ether oxygens (including phenoxy) is 1. The summed E-state index contributed by atoms with van der Waals surface area (Å²) in [4.78, 5) is 11.3. The van der Waals surface area contributed by atoms with Crippen molar-refractivity contribution in [3.8, 4) is 0 Å². The minimum atomic E-state index is -0.431. The van der Waals surface area contributed by atoms with Gasteiger partial charge in [0.2, 0.25) is 0 Å². The van der Waals surface area contributed by atoms with Gasteiger partial charge in [-0.25, -0.2) is 9.80 Å². The number of rotatable bonds is 2. The molecule has 0 aromatic heterocycles. The van der Waals surface area contributed by atoms with E-state index in [1.54, 1.807) is 0 Å². The molecule has 0 unspecified atom stereocenters. The number of fused-ring (bicyclic) bond motifs is 1. The summed E-state index contributed by atoms with van der Waals surface area (Å²) in [5.74, 6) is -0.431. The van der Waals surface area contributed by atoms with E-state index in [9.17, 15) is 4.79 Å². The number of carbonyl (C=O) groups is 1. The van der Waals surface area contributed by atoms with Crippen molar-refractivity contribution in [1.29, 1.82) is 5.41 Å². The summed E-state index contributed by atoms with van der Waals surface area (Å²) in [7, 11) is 0. The Morgan fingerprint density at radius 2 is 2.46 bits per heavy atom. The van der Waals surface area contributed by atoms with Crippen molar-refractivity contribution in [2.45, 2.75) is 6.42 Å². The molecule has 0 amide bonds. The molecule has 0 aliphatic carbocycles. The molecule has 0 bridgehead atoms. The van der Waals surface area contributed by atoms with Gasteiger partial charge in [0.25, 0.3) is 0 Å². The van der Waals surface area contributed by atoms with E-state index in [1.165, 1.54) is 0 Å². The second-order valence-corrected chi connectivity index (χ2v) is 3.00. The van der Waals surface area contributed by atoms with E-state index in [-0.39, 0.29) is 0 Å². The molecule has 0 atom stereocenters. The third-order valence-electron chi connectivity index (χ3n) is 2.28. The first-order valence-electron chi connectivity index (χ1n) is 4.25. The maximum atomic E-state index is 11.3. The number of carbonyl (C=O) groups excluding carboxylic acids is 1. The number of hydrogen-bond donors (Lipinski definition) is 1. The van der Waals surface area contributed by atoms with Gasteiger partial charge in [0.05, 0.1) is 0 Å². The lowest BCUT2D eigenvalue weighted by Crippen LogP contribution is -2.33. The van der Waals surface area contributed by atoms with E-state index < -0.39 is 5.97 Å². The summed E-state index contributed by atoms with van der Waals surface area (Å²) in [6.45, 7) is 2.65. The van der Waals surface area contributed by atoms with Gasteiger partial charge in [-0.3, -0.25) is 10.4 Å². The molecule has 0 saturated carbocycles. The number of hydrazine groups is 1. The van der Waals surface area contributed by atoms with Gasteiger partial charge in [0, 0.05) is 19.6 Å². The first kappa shape index (κ1) is 8.25. The van der Waals surface area contributed by atoms with Crippen molar-refractivity contribution in [3.05, 3.63) is 11.8 Å². The SMILES string of the molecule is N=COC(=O)C1=CCN2CCCN12. The molecule has 0 aromatic carbocycles. The zero-order valence-electron chi connectivity index (χ0n) is 7.19. The first-order valence-corrected chi connectivity index (χ1v) is 4.25. The molecule has 0 aromatic rings. The standard InChI is InChI=1S/C8H11N3O2/c9-6-13-8(12)7-2-5-10-3-1-4-11(7)10/h2,6,9H,1,3-5H2. The molecule has 2 aliphatic heterocycles. The fourth-order valence-electron chi connectivity index (χ4n) is 1.73. The Morgan fingerprint density at radius 1 is 1.62 bits per heavy atom. The lowest BCUT2D eigenvalue weighted by molar-refractivity contribution is -0.133. The average Bonchev–Trinajstić information content (AvgIpc) is 2.62. The van der Waals surface area contributed by atoms with Gasteiger partial charge < -0.3 is 4.74 Å². The molecule has 0 spiro atoms. The molecule has 1 saturated heterocycles. The molecule has 5 nitrogen and oxygen atoms in total. The number of hydrogen-bond acceptors (Lipinski definition) is 5. The number of nitrogens with one attached hydrogen (secondary N) is 1. The Kier molecular flexibility index (Phi) is 2.02. The van der Waals surface area contributed by atoms with E-state index >= 15 is 0 Å². The minimum absolute atomic E-state index is 0.431. The van der Waals surface area contributed by atoms with Gasteiger partial charge in [-0.1, -0.05) is 0 Å². The third kappa shape index (κ3) is 1.31. The van der Waals surface area contributed by atoms with Crippen LogP contribution in [0.2, 0.25) is 0 Å². The van der Waals surface area contributed by atoms with Crippen LogP contribution in [0, 0.1) is 5.41 Å². The van der Waals surface area contributed by atoms with Crippen LogP contribution in [0.1, 0.15) is 6.42 Å². The largest absolute Gasteiger partial charge is 0.410 e. The molecular formula is C8H11N3O2. The highest BCUT2D eigenvalue weighted by atomic mass is 16.5. The Balaban J connectivity index is 2.07. The summed E-state index contributed by atoms with van der Waals surface area (Å²) in [5.41, 5.74) is 0.570. The van der Waals surface area contributed by atoms with Crippen LogP contribution in [0.4, 0.5) is 0 Å². The van der Waals surface area contributed by atoms with Gasteiger partial charge in [-0.2, -0.15) is 0 Å². The molecule has 2 heterocycles. The zero-order chi connectivity index (χ0) is 9.26. The Hall–Kier alpha value is -1.36. The Morgan fingerprint density at radius 3 is 3.23 bits per heavy atom. The van der Waals surface area contributed by atoms with Gasteiger partial charge in [-0.05, 0) is 12.5 Å². The van der Waals surface area contributed by atoms with Crippen molar-refractivity contribution in [2.24, 2.45) is 0 Å². The summed E-state index contributed by atoms with van der Waals surface area (Å²) < 4.78 is 4.50. The molecule has 1 fully saturated rings. The molecule has 5 heteroatoms. The fourth-order valence-corrected chi connectivity index (χ4v) is 1.73. The maximum Gasteiger partial charge on any atom is 0.361 e. The van der Waals surface area contributed by atoms with Crippen LogP contribution in [-0.4, -0.2) is 42.0 Å². The maximum absolute atomic E-state index is 11.3. The highest BCUT2D eigenvalue weighted by molar-refractivity contribution is 5.92. The molecule has 70 valence electrons. The topological polar surface area (TPSA) is 56.6 Å². The highest BCUT2D eigenvalue weighted by Crippen LogP contribution is 2.22. The summed E-state index contributed by atoms with van der Waals surface area (Å²) in [6, 6.07) is 0. The molecular weight excluding hydrogens is 170 g/mol. The Bertz CT molecular complexity index is 275. The minimum Gasteiger partial charge on any atom is -0.410 e. The van der Waals surface area contributed by atoms with Crippen molar-refractivity contribution < 1.29 is 9.53 Å². The van der Waals surface area contributed by atoms with Gasteiger partial charge in [0.15, 0.2) is 6.40 Å². The lowest BCUT2D eigenvalue weighted by Gasteiger charge is -2.22. The van der Waals surface area contributed by atoms with Crippen LogP contribution < -0.4 is 0 Å². The summed E-state index contributed by atoms with van der Waals surface area (Å²) >= 11 is 0. The van der Waals surface area contributed by atoms with E-state index in [1.807, 2.05) is 11.1 Å². The monoisotopic (exact) mass is 181 g/mol. The average molecular weight is 181 g/mol. The smallest absolute Gasteiger partial charge is 0.361 e. The number of nitrogens with zero attached hydrogens (tertiary/aromatic N) is 2. The van der Waals surface area contributed by atoms with Crippen LogP contribution in [0.25, 0.3) is 0 Å². The van der Waals surface area contributed by atoms with Crippen LogP contribution >= 0.6 is 0 Å². The van der Waals surface area contributed by atoms with Crippen molar-refractivity contribution >= 4 is 12.4 Å². The van der Waals surface area contributed by atoms with Crippen LogP contribution in [0.5, 0.6) is 0 Å². The number of esters is 1. The van der Waals surface area contributed by atoms with E-state index in [0.29, 0.717) is 12.1 Å². The third-order valence-corrected chi connectivity index (χ3v) is 2.28. The van der Waals surface area contributed by atoms with E-state index in [4.69, 9.17) is 5.41 Å². The normalized spacial score (nSPS) is 21.2. The fraction of sp³-hybridized carbons (Fsp3) is 0.500. The van der Waals surface area contributed by atoms with Crippen molar-refractivity contribution in [1.82, 2.24) is 10.0 Å². The van der Waals surface area contributed by atoms with E-state index in [0.717, 1.165) is 26.1 Å². The molecule has 2 rings (SSSR count). The van der Waals surface area contributed by atoms with Crippen LogP contribution in [0.3, 0.4) is 0 Å². The zero-order valence-corrected chi connectivity index (χ0v) is 7.19. The molecule has 13 heavy (non-hydrogen) atoms. The van der Waals surface area contributed by atoms with Crippen LogP contribution in [-0.2, 0) is 9.53 Å². The predicted octanol–water partition coefficient (Wildman–Crippen LogP) is -0.0431. The summed E-state index contributed by atoms with van der Waals surface area (Å²) in [5, 5.41) is 10.7. The lowest BCUT2D eigenvalue weighted by atomic mass is 10.3. The quantitative estimate of drug-likeness (QED) is 0.369. The first-order chi connectivity index (χ1) is 6.33. The Labute approximate surface area is 76.0 Å². The second kappa shape index (κ2) is 3.18. The second-order valence-electron chi connectivity index (χ2n) is 3.00. The molecule has 2 aliphatic rings. The highest BCUT2D eigenvalue weighted by Gasteiger charge is 2.32. The van der Waals surface area contributed by atoms with Gasteiger partial charge >= 0.3 is 5.97 Å². The molecule has 0 radical (unpaired) electrons. The molecule has 1 N–H and O–H groups in total. The van der Waals surface area contributed by atoms with Gasteiger partial charge in [-0.15, -0.1) is 0 Å². The van der Waals surface area contributed by atoms with Crippen LogP contribution in [0.15, 0.2) is 11.8 Å². The predicted molar refractivity (Wildman–Crippen MR) is 45.9 cm³/mol. The summed E-state index contributed by atoms with van der Waals surface area (Å²) in [6.07, 6.45) is 3.59. The van der Waals surface area contributed by atoms with Gasteiger partial charge in [0.1, 0.15) is 5.70 Å².